The van der Waals surface area contributed by atoms with Gasteiger partial charge in [-0.05, 0) is 43.5 Å². The summed E-state index contributed by atoms with van der Waals surface area (Å²) in [5, 5.41) is 4.51. The highest BCUT2D eigenvalue weighted by atomic mass is 19.1. The molecule has 2 aliphatic rings. The molecule has 3 heterocycles. The van der Waals surface area contributed by atoms with Crippen LogP contribution in [-0.2, 0) is 11.3 Å². The number of ether oxygens (including phenoxy) is 4. The number of nitrogens with one attached hydrogen (secondary N) is 1. The first kappa shape index (κ1) is 26.2. The number of hydrogen-bond acceptors (Lipinski definition) is 9. The van der Waals surface area contributed by atoms with Gasteiger partial charge in [0.1, 0.15) is 5.82 Å². The highest BCUT2D eigenvalue weighted by Gasteiger charge is 2.23. The molecule has 0 atom stereocenters. The van der Waals surface area contributed by atoms with E-state index in [-0.39, 0.29) is 11.9 Å². The number of rotatable bonds is 9. The van der Waals surface area contributed by atoms with Crippen molar-refractivity contribution in [3.63, 3.8) is 0 Å². The molecule has 0 radical (unpaired) electrons. The summed E-state index contributed by atoms with van der Waals surface area (Å²) < 4.78 is 36.0. The van der Waals surface area contributed by atoms with E-state index >= 15 is 0 Å². The number of likely N-dealkylation sites (tertiary alicyclic amines) is 1. The molecule has 0 spiro atoms. The van der Waals surface area contributed by atoms with Crippen molar-refractivity contribution in [1.29, 1.82) is 0 Å². The zero-order chi connectivity index (χ0) is 26.5. The Morgan fingerprint density at radius 1 is 0.974 bits per heavy atom. The molecule has 0 aliphatic carbocycles. The molecule has 5 rings (SSSR count). The number of piperidine rings is 1. The van der Waals surface area contributed by atoms with Crippen LogP contribution in [0.2, 0.25) is 0 Å². The molecule has 0 bridgehead atoms. The van der Waals surface area contributed by atoms with E-state index in [4.69, 9.17) is 28.9 Å². The molecular formula is C28H36FN5O4. The first-order valence-corrected chi connectivity index (χ1v) is 13.2. The number of hydrogen-bond donors (Lipinski definition) is 1. The van der Waals surface area contributed by atoms with E-state index in [1.54, 1.807) is 14.2 Å². The molecule has 9 nitrogen and oxygen atoms in total. The first-order chi connectivity index (χ1) is 18.6. The third-order valence-electron chi connectivity index (χ3n) is 7.11. The topological polar surface area (TPSA) is 81.2 Å². The molecule has 204 valence electrons. The number of methoxy groups -OCH3 is 2. The van der Waals surface area contributed by atoms with Crippen LogP contribution in [0.1, 0.15) is 25.3 Å². The number of fused-ring (bicyclic) bond motifs is 1. The Bertz CT molecular complexity index is 1250. The van der Waals surface area contributed by atoms with Crippen molar-refractivity contribution in [3.8, 4) is 17.2 Å². The number of benzene rings is 2. The lowest BCUT2D eigenvalue weighted by Gasteiger charge is -2.33. The van der Waals surface area contributed by atoms with Crippen LogP contribution < -0.4 is 24.4 Å². The maximum Gasteiger partial charge on any atom is 0.225 e. The van der Waals surface area contributed by atoms with Gasteiger partial charge in [-0.15, -0.1) is 0 Å². The van der Waals surface area contributed by atoms with Gasteiger partial charge < -0.3 is 29.2 Å². The normalized spacial score (nSPS) is 17.0. The number of aromatic nitrogens is 2. The van der Waals surface area contributed by atoms with Crippen LogP contribution in [0.5, 0.6) is 17.2 Å². The van der Waals surface area contributed by atoms with Gasteiger partial charge in [-0.3, -0.25) is 4.90 Å². The predicted molar refractivity (Wildman–Crippen MR) is 145 cm³/mol. The van der Waals surface area contributed by atoms with E-state index in [0.29, 0.717) is 43.0 Å². The number of anilines is 2. The van der Waals surface area contributed by atoms with Crippen LogP contribution in [-0.4, -0.2) is 81.1 Å². The SMILES string of the molecule is CCOc1cc(CN2CCC(Nc3nc(N4CCOCC4)c4cc(OC)c(OC)cc4n3)CC2)ccc1F. The molecule has 3 aromatic rings. The Labute approximate surface area is 222 Å². The first-order valence-electron chi connectivity index (χ1n) is 13.2. The maximum absolute atomic E-state index is 13.9. The van der Waals surface area contributed by atoms with Crippen LogP contribution in [0.25, 0.3) is 10.9 Å². The quantitative estimate of drug-likeness (QED) is 0.444. The number of morpholine rings is 1. The molecule has 2 aliphatic heterocycles. The van der Waals surface area contributed by atoms with Gasteiger partial charge in [0.15, 0.2) is 23.1 Å². The van der Waals surface area contributed by atoms with E-state index in [1.807, 2.05) is 31.2 Å². The fourth-order valence-corrected chi connectivity index (χ4v) is 5.11. The predicted octanol–water partition coefficient (Wildman–Crippen LogP) is 4.10. The van der Waals surface area contributed by atoms with E-state index in [1.165, 1.54) is 6.07 Å². The van der Waals surface area contributed by atoms with E-state index in [9.17, 15) is 4.39 Å². The van der Waals surface area contributed by atoms with Crippen LogP contribution in [0.15, 0.2) is 30.3 Å². The minimum Gasteiger partial charge on any atom is -0.493 e. The summed E-state index contributed by atoms with van der Waals surface area (Å²) in [4.78, 5) is 14.4. The van der Waals surface area contributed by atoms with Crippen LogP contribution in [0, 0.1) is 5.82 Å². The van der Waals surface area contributed by atoms with Gasteiger partial charge >= 0.3 is 0 Å². The van der Waals surface area contributed by atoms with Crippen LogP contribution in [0.3, 0.4) is 0 Å². The van der Waals surface area contributed by atoms with E-state index in [0.717, 1.165) is 67.8 Å². The summed E-state index contributed by atoms with van der Waals surface area (Å²) in [6.45, 7) is 7.80. The fraction of sp³-hybridized carbons (Fsp3) is 0.500. The second kappa shape index (κ2) is 12.0. The maximum atomic E-state index is 13.9. The van der Waals surface area contributed by atoms with Gasteiger partial charge in [-0.2, -0.15) is 4.98 Å². The molecule has 2 aromatic carbocycles. The standard InChI is InChI=1S/C28H36FN5O4/c1-4-38-24-15-19(5-6-22(24)29)18-33-9-7-20(8-10-33)30-28-31-23-17-26(36-3)25(35-2)16-21(23)27(32-28)34-11-13-37-14-12-34/h5-6,15-17,20H,4,7-14,18H2,1-3H3,(H,30,31,32). The van der Waals surface area contributed by atoms with E-state index < -0.39 is 0 Å². The van der Waals surface area contributed by atoms with Crippen molar-refractivity contribution < 1.29 is 23.3 Å². The summed E-state index contributed by atoms with van der Waals surface area (Å²) in [7, 11) is 3.26. The summed E-state index contributed by atoms with van der Waals surface area (Å²) in [6.07, 6.45) is 1.92. The summed E-state index contributed by atoms with van der Waals surface area (Å²) in [5.74, 6) is 2.78. The smallest absolute Gasteiger partial charge is 0.225 e. The Balaban J connectivity index is 1.30. The molecule has 0 saturated carbocycles. The van der Waals surface area contributed by atoms with Gasteiger partial charge in [-0.25, -0.2) is 9.37 Å². The van der Waals surface area contributed by atoms with Crippen molar-refractivity contribution in [2.24, 2.45) is 0 Å². The van der Waals surface area contributed by atoms with Gasteiger partial charge in [0.2, 0.25) is 5.95 Å². The Morgan fingerprint density at radius 3 is 2.42 bits per heavy atom. The molecule has 2 fully saturated rings. The minimum atomic E-state index is -0.318. The minimum absolute atomic E-state index is 0.258. The lowest BCUT2D eigenvalue weighted by atomic mass is 10.0. The highest BCUT2D eigenvalue weighted by Crippen LogP contribution is 2.36. The van der Waals surface area contributed by atoms with Gasteiger partial charge in [0.05, 0.1) is 39.6 Å². The Morgan fingerprint density at radius 2 is 1.71 bits per heavy atom. The van der Waals surface area contributed by atoms with E-state index in [2.05, 4.69) is 15.1 Å². The van der Waals surface area contributed by atoms with Crippen molar-refractivity contribution in [2.45, 2.75) is 32.4 Å². The highest BCUT2D eigenvalue weighted by molar-refractivity contribution is 5.93. The zero-order valence-electron chi connectivity index (χ0n) is 22.3. The molecule has 1 N–H and O–H groups in total. The van der Waals surface area contributed by atoms with Crippen LogP contribution in [0.4, 0.5) is 16.2 Å². The van der Waals surface area contributed by atoms with Crippen molar-refractivity contribution in [3.05, 3.63) is 41.7 Å². The number of nitrogens with zero attached hydrogens (tertiary/aromatic N) is 4. The molecule has 10 heteroatoms. The molecule has 2 saturated heterocycles. The summed E-state index contributed by atoms with van der Waals surface area (Å²) >= 11 is 0. The Hall–Kier alpha value is -3.37. The zero-order valence-corrected chi connectivity index (χ0v) is 22.3. The molecular weight excluding hydrogens is 489 g/mol. The molecule has 0 amide bonds. The lowest BCUT2D eigenvalue weighted by molar-refractivity contribution is 0.122. The lowest BCUT2D eigenvalue weighted by Crippen LogP contribution is -2.39. The number of halogens is 1. The van der Waals surface area contributed by atoms with Crippen molar-refractivity contribution >= 4 is 22.7 Å². The third kappa shape index (κ3) is 5.86. The average molecular weight is 526 g/mol. The monoisotopic (exact) mass is 525 g/mol. The molecule has 1 aromatic heterocycles. The largest absolute Gasteiger partial charge is 0.493 e. The van der Waals surface area contributed by atoms with Gasteiger partial charge in [0, 0.05) is 50.2 Å². The van der Waals surface area contributed by atoms with Crippen molar-refractivity contribution in [2.75, 3.05) is 70.4 Å². The van der Waals surface area contributed by atoms with Gasteiger partial charge in [-0.1, -0.05) is 6.07 Å². The summed E-state index contributed by atoms with van der Waals surface area (Å²) in [5.41, 5.74) is 1.86. The Kier molecular flexibility index (Phi) is 8.29. The molecule has 0 unspecified atom stereocenters. The van der Waals surface area contributed by atoms with Crippen molar-refractivity contribution in [1.82, 2.24) is 14.9 Å². The second-order valence-corrected chi connectivity index (χ2v) is 9.59. The average Bonchev–Trinajstić information content (AvgIpc) is 2.95. The summed E-state index contributed by atoms with van der Waals surface area (Å²) in [6, 6.07) is 9.25. The third-order valence-corrected chi connectivity index (χ3v) is 7.11. The molecule has 38 heavy (non-hydrogen) atoms. The fourth-order valence-electron chi connectivity index (χ4n) is 5.11. The van der Waals surface area contributed by atoms with Gasteiger partial charge in [0.25, 0.3) is 0 Å². The van der Waals surface area contributed by atoms with Crippen LogP contribution >= 0.6 is 0 Å². The second-order valence-electron chi connectivity index (χ2n) is 9.59.